The van der Waals surface area contributed by atoms with Crippen LogP contribution in [0.1, 0.15) is 24.2 Å². The van der Waals surface area contributed by atoms with Crippen LogP contribution in [0.5, 0.6) is 0 Å². The number of unbranched alkanes of at least 4 members (excludes halogenated alkanes) is 1. The standard InChI is InChI=1S/C7H13N5O2/c8-4-2-1-3-5-6(7(9)10-13)12-14-11-5/h13H,1-4,8H2,(H2,9,10). The van der Waals surface area contributed by atoms with E-state index in [0.717, 1.165) is 12.8 Å². The van der Waals surface area contributed by atoms with Gasteiger partial charge in [0.1, 0.15) is 5.69 Å². The second-order valence-corrected chi connectivity index (χ2v) is 2.79. The van der Waals surface area contributed by atoms with Crippen LogP contribution in [0.3, 0.4) is 0 Å². The van der Waals surface area contributed by atoms with Crippen LogP contribution in [0.4, 0.5) is 0 Å². The molecule has 0 atom stereocenters. The van der Waals surface area contributed by atoms with Crippen molar-refractivity contribution >= 4 is 5.84 Å². The van der Waals surface area contributed by atoms with Crippen LogP contribution in [0.2, 0.25) is 0 Å². The first kappa shape index (κ1) is 10.5. The van der Waals surface area contributed by atoms with Crippen molar-refractivity contribution in [1.29, 1.82) is 0 Å². The van der Waals surface area contributed by atoms with Crippen molar-refractivity contribution in [2.75, 3.05) is 6.54 Å². The highest BCUT2D eigenvalue weighted by atomic mass is 16.6. The van der Waals surface area contributed by atoms with Gasteiger partial charge < -0.3 is 16.7 Å². The highest BCUT2D eigenvalue weighted by Gasteiger charge is 2.13. The van der Waals surface area contributed by atoms with E-state index in [-0.39, 0.29) is 5.84 Å². The minimum absolute atomic E-state index is 0.0889. The molecule has 0 spiro atoms. The summed E-state index contributed by atoms with van der Waals surface area (Å²) in [6.45, 7) is 0.629. The third kappa shape index (κ3) is 2.43. The summed E-state index contributed by atoms with van der Waals surface area (Å²) >= 11 is 0. The molecule has 78 valence electrons. The van der Waals surface area contributed by atoms with E-state index >= 15 is 0 Å². The Morgan fingerprint density at radius 2 is 2.21 bits per heavy atom. The van der Waals surface area contributed by atoms with Crippen molar-refractivity contribution in [3.8, 4) is 0 Å². The Morgan fingerprint density at radius 3 is 2.86 bits per heavy atom. The van der Waals surface area contributed by atoms with Crippen molar-refractivity contribution in [1.82, 2.24) is 10.3 Å². The third-order valence-electron chi connectivity index (χ3n) is 1.77. The molecule has 0 unspecified atom stereocenters. The number of rotatable bonds is 5. The molecule has 7 heteroatoms. The van der Waals surface area contributed by atoms with Gasteiger partial charge in [0, 0.05) is 0 Å². The number of aryl methyl sites for hydroxylation is 1. The molecule has 0 aliphatic heterocycles. The van der Waals surface area contributed by atoms with Gasteiger partial charge in [0.2, 0.25) is 0 Å². The second-order valence-electron chi connectivity index (χ2n) is 2.79. The molecular formula is C7H13N5O2. The highest BCUT2D eigenvalue weighted by molar-refractivity contribution is 5.95. The van der Waals surface area contributed by atoms with Gasteiger partial charge in [0.15, 0.2) is 11.5 Å². The third-order valence-corrected chi connectivity index (χ3v) is 1.77. The lowest BCUT2D eigenvalue weighted by molar-refractivity contribution is 0.300. The maximum Gasteiger partial charge on any atom is 0.194 e. The average Bonchev–Trinajstić information content (AvgIpc) is 2.65. The van der Waals surface area contributed by atoms with E-state index in [1.807, 2.05) is 0 Å². The average molecular weight is 199 g/mol. The largest absolute Gasteiger partial charge is 0.409 e. The molecular weight excluding hydrogens is 186 g/mol. The molecule has 0 aliphatic carbocycles. The van der Waals surface area contributed by atoms with Crippen LogP contribution in [-0.2, 0) is 6.42 Å². The van der Waals surface area contributed by atoms with E-state index in [4.69, 9.17) is 16.7 Å². The zero-order valence-corrected chi connectivity index (χ0v) is 7.68. The lowest BCUT2D eigenvalue weighted by atomic mass is 10.1. The van der Waals surface area contributed by atoms with Crippen molar-refractivity contribution in [2.24, 2.45) is 16.6 Å². The van der Waals surface area contributed by atoms with Gasteiger partial charge in [0.05, 0.1) is 0 Å². The molecule has 14 heavy (non-hydrogen) atoms. The Hall–Kier alpha value is -1.63. The summed E-state index contributed by atoms with van der Waals surface area (Å²) in [5, 5.41) is 18.5. The zero-order chi connectivity index (χ0) is 10.4. The van der Waals surface area contributed by atoms with E-state index in [1.54, 1.807) is 0 Å². The quantitative estimate of drug-likeness (QED) is 0.192. The monoisotopic (exact) mass is 199 g/mol. The van der Waals surface area contributed by atoms with Crippen molar-refractivity contribution < 1.29 is 9.84 Å². The van der Waals surface area contributed by atoms with Gasteiger partial charge in [-0.15, -0.1) is 0 Å². The smallest absolute Gasteiger partial charge is 0.194 e. The predicted molar refractivity (Wildman–Crippen MR) is 48.8 cm³/mol. The number of amidine groups is 1. The molecule has 0 saturated heterocycles. The fourth-order valence-electron chi connectivity index (χ4n) is 1.05. The van der Waals surface area contributed by atoms with Gasteiger partial charge in [0.25, 0.3) is 0 Å². The van der Waals surface area contributed by atoms with E-state index in [9.17, 15) is 0 Å². The van der Waals surface area contributed by atoms with Crippen molar-refractivity contribution in [3.63, 3.8) is 0 Å². The molecule has 5 N–H and O–H groups in total. The van der Waals surface area contributed by atoms with Gasteiger partial charge in [-0.2, -0.15) is 0 Å². The molecule has 0 fully saturated rings. The maximum atomic E-state index is 8.44. The Balaban J connectivity index is 2.63. The normalized spacial score (nSPS) is 11.9. The van der Waals surface area contributed by atoms with Crippen LogP contribution in [0, 0.1) is 0 Å². The molecule has 1 rings (SSSR count). The van der Waals surface area contributed by atoms with E-state index in [0.29, 0.717) is 24.4 Å². The Labute approximate surface area is 80.7 Å². The van der Waals surface area contributed by atoms with Crippen molar-refractivity contribution in [2.45, 2.75) is 19.3 Å². The predicted octanol–water partition coefficient (Wildman–Crippen LogP) is -0.554. The maximum absolute atomic E-state index is 8.44. The van der Waals surface area contributed by atoms with E-state index in [1.165, 1.54) is 0 Å². The number of nitrogens with zero attached hydrogens (tertiary/aromatic N) is 3. The summed E-state index contributed by atoms with van der Waals surface area (Å²) < 4.78 is 4.50. The number of aromatic nitrogens is 2. The lowest BCUT2D eigenvalue weighted by Gasteiger charge is -1.96. The van der Waals surface area contributed by atoms with Crippen LogP contribution in [-0.4, -0.2) is 27.9 Å². The van der Waals surface area contributed by atoms with Crippen molar-refractivity contribution in [3.05, 3.63) is 11.4 Å². The van der Waals surface area contributed by atoms with Gasteiger partial charge in [-0.3, -0.25) is 0 Å². The molecule has 0 saturated carbocycles. The number of hydrogen-bond donors (Lipinski definition) is 3. The fraction of sp³-hybridized carbons (Fsp3) is 0.571. The topological polar surface area (TPSA) is 124 Å². The lowest BCUT2D eigenvalue weighted by Crippen LogP contribution is -2.16. The van der Waals surface area contributed by atoms with Crippen LogP contribution in [0.15, 0.2) is 9.78 Å². The fourth-order valence-corrected chi connectivity index (χ4v) is 1.05. The van der Waals surface area contributed by atoms with E-state index < -0.39 is 0 Å². The SMILES string of the molecule is NCCCCc1nonc1C(N)=NO. The molecule has 1 heterocycles. The molecule has 0 aliphatic rings. The van der Waals surface area contributed by atoms with Gasteiger partial charge in [-0.25, -0.2) is 4.63 Å². The molecule has 0 bridgehead atoms. The summed E-state index contributed by atoms with van der Waals surface area (Å²) in [6, 6.07) is 0. The molecule has 7 nitrogen and oxygen atoms in total. The molecule has 1 aromatic heterocycles. The molecule has 0 amide bonds. The minimum Gasteiger partial charge on any atom is -0.409 e. The molecule has 0 radical (unpaired) electrons. The zero-order valence-electron chi connectivity index (χ0n) is 7.68. The van der Waals surface area contributed by atoms with Crippen LogP contribution < -0.4 is 11.5 Å². The van der Waals surface area contributed by atoms with Gasteiger partial charge >= 0.3 is 0 Å². The van der Waals surface area contributed by atoms with Gasteiger partial charge in [-0.1, -0.05) is 10.3 Å². The highest BCUT2D eigenvalue weighted by Crippen LogP contribution is 2.06. The first-order valence-electron chi connectivity index (χ1n) is 4.29. The number of nitrogens with two attached hydrogens (primary N) is 2. The Bertz CT molecular complexity index is 309. The summed E-state index contributed by atoms with van der Waals surface area (Å²) in [5.74, 6) is -0.0889. The number of oxime groups is 1. The first-order chi connectivity index (χ1) is 6.79. The second kappa shape index (κ2) is 5.18. The van der Waals surface area contributed by atoms with Crippen LogP contribution >= 0.6 is 0 Å². The Morgan fingerprint density at radius 1 is 1.43 bits per heavy atom. The molecule has 0 aromatic carbocycles. The summed E-state index contributed by atoms with van der Waals surface area (Å²) in [4.78, 5) is 0. The molecule has 1 aromatic rings. The van der Waals surface area contributed by atoms with E-state index in [2.05, 4.69) is 20.1 Å². The minimum atomic E-state index is -0.0889. The summed E-state index contributed by atoms with van der Waals surface area (Å²) in [7, 11) is 0. The van der Waals surface area contributed by atoms with Crippen LogP contribution in [0.25, 0.3) is 0 Å². The number of hydrogen-bond acceptors (Lipinski definition) is 6. The van der Waals surface area contributed by atoms with Gasteiger partial charge in [-0.05, 0) is 31.0 Å². The summed E-state index contributed by atoms with van der Waals surface area (Å²) in [6.07, 6.45) is 2.42. The summed E-state index contributed by atoms with van der Waals surface area (Å²) in [5.41, 5.74) is 11.6. The first-order valence-corrected chi connectivity index (χ1v) is 4.29. The Kier molecular flexibility index (Phi) is 3.86.